The molecule has 2 aromatic rings. The van der Waals surface area contributed by atoms with Crippen LogP contribution < -0.4 is 11.1 Å². The van der Waals surface area contributed by atoms with Gasteiger partial charge in [-0.25, -0.2) is 0 Å². The maximum absolute atomic E-state index is 12.5. The Kier molecular flexibility index (Phi) is 10.1. The van der Waals surface area contributed by atoms with Gasteiger partial charge >= 0.3 is 0 Å². The molecule has 0 radical (unpaired) electrons. The Hall–Kier alpha value is -2.28. The van der Waals surface area contributed by atoms with E-state index >= 15 is 0 Å². The molecule has 0 aliphatic carbocycles. The van der Waals surface area contributed by atoms with E-state index in [4.69, 9.17) is 5.73 Å². The first-order valence-corrected chi connectivity index (χ1v) is 9.63. The van der Waals surface area contributed by atoms with E-state index < -0.39 is 0 Å². The summed E-state index contributed by atoms with van der Waals surface area (Å²) in [5.74, 6) is 0.0969. The van der Waals surface area contributed by atoms with E-state index in [1.807, 2.05) is 61.2 Å². The predicted octanol–water partition coefficient (Wildman–Crippen LogP) is 3.05. The number of nitrogen functional groups attached to an aromatic ring is 1. The van der Waals surface area contributed by atoms with Crippen LogP contribution in [-0.4, -0.2) is 54.3 Å². The molecule has 6 nitrogen and oxygen atoms in total. The molecule has 0 saturated carbocycles. The molecule has 2 aromatic carbocycles. The molecule has 164 valence electrons. The lowest BCUT2D eigenvalue weighted by Gasteiger charge is -2.34. The zero-order valence-electron chi connectivity index (χ0n) is 17.4. The van der Waals surface area contributed by atoms with Crippen molar-refractivity contribution in [1.29, 1.82) is 0 Å². The first-order chi connectivity index (χ1) is 13.4. The average molecular weight is 453 g/mol. The van der Waals surface area contributed by atoms with Crippen LogP contribution in [0.4, 0.5) is 11.4 Å². The number of nitrogens with one attached hydrogen (secondary N) is 1. The second-order valence-electron chi connectivity index (χ2n) is 7.37. The highest BCUT2D eigenvalue weighted by atomic mass is 35.5. The lowest BCUT2D eigenvalue weighted by atomic mass is 10.1. The third kappa shape index (κ3) is 6.90. The van der Waals surface area contributed by atoms with E-state index in [1.54, 1.807) is 0 Å². The largest absolute Gasteiger partial charge is 0.399 e. The van der Waals surface area contributed by atoms with Crippen LogP contribution in [0.1, 0.15) is 16.7 Å². The van der Waals surface area contributed by atoms with Gasteiger partial charge in [-0.05, 0) is 48.7 Å². The lowest BCUT2D eigenvalue weighted by Crippen LogP contribution is -2.50. The van der Waals surface area contributed by atoms with Crippen LogP contribution in [0.3, 0.4) is 0 Å². The van der Waals surface area contributed by atoms with Crippen LogP contribution in [0.25, 0.3) is 0 Å². The van der Waals surface area contributed by atoms with Gasteiger partial charge in [0.05, 0.1) is 13.0 Å². The molecule has 0 atom stereocenters. The molecule has 8 heteroatoms. The standard InChI is InChI=1S/C22H28N4O2.2ClH/c1-16-4-3-5-20(17(16)2)24-21(27)15-25-10-12-26(13-11-25)22(28)14-18-6-8-19(23)9-7-18;;/h3-9H,10-15,23H2,1-2H3,(H,24,27);2*1H. The Bertz CT molecular complexity index is 851. The van der Waals surface area contributed by atoms with Crippen molar-refractivity contribution in [3.63, 3.8) is 0 Å². The fourth-order valence-electron chi connectivity index (χ4n) is 3.36. The summed E-state index contributed by atoms with van der Waals surface area (Å²) in [5, 5.41) is 3.00. The summed E-state index contributed by atoms with van der Waals surface area (Å²) >= 11 is 0. The van der Waals surface area contributed by atoms with Crippen molar-refractivity contribution in [2.24, 2.45) is 0 Å². The maximum atomic E-state index is 12.5. The third-order valence-electron chi connectivity index (χ3n) is 5.31. The second-order valence-corrected chi connectivity index (χ2v) is 7.37. The normalized spacial score (nSPS) is 13.7. The van der Waals surface area contributed by atoms with Crippen molar-refractivity contribution in [3.8, 4) is 0 Å². The van der Waals surface area contributed by atoms with Crippen molar-refractivity contribution in [3.05, 3.63) is 59.2 Å². The summed E-state index contributed by atoms with van der Waals surface area (Å²) in [6.45, 7) is 7.08. The number of carbonyl (C=O) groups is 2. The van der Waals surface area contributed by atoms with Crippen molar-refractivity contribution < 1.29 is 9.59 Å². The summed E-state index contributed by atoms with van der Waals surface area (Å²) in [5.41, 5.74) is 10.5. The van der Waals surface area contributed by atoms with Gasteiger partial charge in [-0.3, -0.25) is 14.5 Å². The number of rotatable bonds is 5. The Balaban J connectivity index is 0.00000225. The molecule has 30 heavy (non-hydrogen) atoms. The number of amides is 2. The monoisotopic (exact) mass is 452 g/mol. The molecule has 1 aliphatic rings. The van der Waals surface area contributed by atoms with Gasteiger partial charge in [0.25, 0.3) is 0 Å². The zero-order chi connectivity index (χ0) is 20.1. The van der Waals surface area contributed by atoms with Crippen LogP contribution >= 0.6 is 24.8 Å². The van der Waals surface area contributed by atoms with Gasteiger partial charge in [0.2, 0.25) is 11.8 Å². The van der Waals surface area contributed by atoms with Crippen LogP contribution in [0.5, 0.6) is 0 Å². The van der Waals surface area contributed by atoms with Gasteiger partial charge in [-0.1, -0.05) is 24.3 Å². The van der Waals surface area contributed by atoms with E-state index in [2.05, 4.69) is 10.2 Å². The van der Waals surface area contributed by atoms with Crippen molar-refractivity contribution in [1.82, 2.24) is 9.80 Å². The number of benzene rings is 2. The van der Waals surface area contributed by atoms with Gasteiger partial charge in [-0.2, -0.15) is 0 Å². The van der Waals surface area contributed by atoms with Crippen LogP contribution in [0.15, 0.2) is 42.5 Å². The molecule has 3 N–H and O–H groups in total. The van der Waals surface area contributed by atoms with Crippen molar-refractivity contribution in [2.75, 3.05) is 43.8 Å². The summed E-state index contributed by atoms with van der Waals surface area (Å²) in [6.07, 6.45) is 0.382. The van der Waals surface area contributed by atoms with Gasteiger partial charge in [-0.15, -0.1) is 24.8 Å². The molecule has 3 rings (SSSR count). The molecule has 0 unspecified atom stereocenters. The molecule has 1 aliphatic heterocycles. The minimum atomic E-state index is -0.0182. The minimum Gasteiger partial charge on any atom is -0.399 e. The van der Waals surface area contributed by atoms with Gasteiger partial charge in [0.15, 0.2) is 0 Å². The number of piperazine rings is 1. The highest BCUT2D eigenvalue weighted by Crippen LogP contribution is 2.18. The quantitative estimate of drug-likeness (QED) is 0.683. The average Bonchev–Trinajstić information content (AvgIpc) is 2.68. The summed E-state index contributed by atoms with van der Waals surface area (Å²) in [6, 6.07) is 13.3. The SMILES string of the molecule is Cc1cccc(NC(=O)CN2CCN(C(=O)Cc3ccc(N)cc3)CC2)c1C.Cl.Cl. The van der Waals surface area contributed by atoms with Crippen molar-refractivity contribution in [2.45, 2.75) is 20.3 Å². The molecule has 1 saturated heterocycles. The fraction of sp³-hybridized carbons (Fsp3) is 0.364. The second kappa shape index (κ2) is 11.8. The van der Waals surface area contributed by atoms with Gasteiger partial charge < -0.3 is 16.0 Å². The number of nitrogens with zero attached hydrogens (tertiary/aromatic N) is 2. The molecular formula is C22H30Cl2N4O2. The summed E-state index contributed by atoms with van der Waals surface area (Å²) < 4.78 is 0. The van der Waals surface area contributed by atoms with Crippen LogP contribution in [0.2, 0.25) is 0 Å². The van der Waals surface area contributed by atoms with Crippen LogP contribution in [-0.2, 0) is 16.0 Å². The first-order valence-electron chi connectivity index (χ1n) is 9.63. The molecule has 1 heterocycles. The number of carbonyl (C=O) groups excluding carboxylic acids is 2. The minimum absolute atomic E-state index is 0. The van der Waals surface area contributed by atoms with Crippen LogP contribution in [0, 0.1) is 13.8 Å². The predicted molar refractivity (Wildman–Crippen MR) is 127 cm³/mol. The molecule has 1 fully saturated rings. The number of nitrogens with two attached hydrogens (primary N) is 1. The molecular weight excluding hydrogens is 423 g/mol. The van der Waals surface area contributed by atoms with E-state index in [-0.39, 0.29) is 36.6 Å². The number of aryl methyl sites for hydroxylation is 1. The number of hydrogen-bond donors (Lipinski definition) is 2. The summed E-state index contributed by atoms with van der Waals surface area (Å²) in [4.78, 5) is 28.8. The Morgan fingerprint density at radius 1 is 0.967 bits per heavy atom. The maximum Gasteiger partial charge on any atom is 0.238 e. The lowest BCUT2D eigenvalue weighted by molar-refractivity contribution is -0.132. The van der Waals surface area contributed by atoms with Gasteiger partial charge in [0, 0.05) is 37.6 Å². The topological polar surface area (TPSA) is 78.7 Å². The third-order valence-corrected chi connectivity index (χ3v) is 5.31. The van der Waals surface area contributed by atoms with Crippen molar-refractivity contribution >= 4 is 48.0 Å². The smallest absolute Gasteiger partial charge is 0.238 e. The number of anilines is 2. The van der Waals surface area contributed by atoms with E-state index in [0.29, 0.717) is 44.8 Å². The Labute approximate surface area is 190 Å². The molecule has 0 spiro atoms. The zero-order valence-corrected chi connectivity index (χ0v) is 19.0. The van der Waals surface area contributed by atoms with E-state index in [1.165, 1.54) is 0 Å². The molecule has 0 aromatic heterocycles. The van der Waals surface area contributed by atoms with Gasteiger partial charge in [0.1, 0.15) is 0 Å². The summed E-state index contributed by atoms with van der Waals surface area (Å²) in [7, 11) is 0. The molecule has 0 bridgehead atoms. The highest BCUT2D eigenvalue weighted by molar-refractivity contribution is 5.93. The van der Waals surface area contributed by atoms with E-state index in [0.717, 1.165) is 22.4 Å². The Morgan fingerprint density at radius 3 is 2.23 bits per heavy atom. The number of halogens is 2. The highest BCUT2D eigenvalue weighted by Gasteiger charge is 2.22. The Morgan fingerprint density at radius 2 is 1.60 bits per heavy atom. The number of hydrogen-bond acceptors (Lipinski definition) is 4. The first kappa shape index (κ1) is 25.8. The molecule has 2 amide bonds. The fourth-order valence-corrected chi connectivity index (χ4v) is 3.36. The van der Waals surface area contributed by atoms with E-state index in [9.17, 15) is 9.59 Å².